The largest absolute Gasteiger partial charge is 0.460 e. The van der Waals surface area contributed by atoms with Crippen LogP contribution in [0, 0.1) is 0 Å². The van der Waals surface area contributed by atoms with E-state index in [1.807, 2.05) is 0 Å². The van der Waals surface area contributed by atoms with Crippen LogP contribution in [0.4, 0.5) is 8.78 Å². The maximum atomic E-state index is 13.1. The molecule has 1 aliphatic rings. The molecule has 0 aromatic rings. The molecular formula is C9H14F2O4. The zero-order valence-electron chi connectivity index (χ0n) is 8.50. The molecule has 0 unspecified atom stereocenters. The topological polar surface area (TPSA) is 44.8 Å². The third kappa shape index (κ3) is 3.71. The number of carbonyl (C=O) groups is 1. The van der Waals surface area contributed by atoms with Gasteiger partial charge in [0.2, 0.25) is 0 Å². The minimum atomic E-state index is -3.85. The Morgan fingerprint density at radius 1 is 1.47 bits per heavy atom. The molecule has 1 fully saturated rings. The van der Waals surface area contributed by atoms with Gasteiger partial charge in [0, 0.05) is 13.2 Å². The summed E-state index contributed by atoms with van der Waals surface area (Å²) in [5.74, 6) is -1.63. The highest BCUT2D eigenvalue weighted by Gasteiger charge is 2.44. The molecule has 4 nitrogen and oxygen atoms in total. The summed E-state index contributed by atoms with van der Waals surface area (Å²) in [6.45, 7) is 2.13. The molecule has 1 heterocycles. The van der Waals surface area contributed by atoms with E-state index in [0.717, 1.165) is 0 Å². The van der Waals surface area contributed by atoms with Gasteiger partial charge in [0.15, 0.2) is 0 Å². The Labute approximate surface area is 86.5 Å². The molecular weight excluding hydrogens is 210 g/mol. The van der Waals surface area contributed by atoms with Crippen molar-refractivity contribution in [2.24, 2.45) is 0 Å². The number of carbonyl (C=O) groups excluding carboxylic acids is 1. The summed E-state index contributed by atoms with van der Waals surface area (Å²) in [6.07, 6.45) is -3.75. The van der Waals surface area contributed by atoms with Crippen LogP contribution in [0.5, 0.6) is 0 Å². The Morgan fingerprint density at radius 3 is 2.60 bits per heavy atom. The minimum absolute atomic E-state index is 0.0917. The Morgan fingerprint density at radius 2 is 2.07 bits per heavy atom. The summed E-state index contributed by atoms with van der Waals surface area (Å²) in [4.78, 5) is 10.8. The maximum Gasteiger partial charge on any atom is 0.456 e. The summed E-state index contributed by atoms with van der Waals surface area (Å²) in [6, 6.07) is 0. The summed E-state index contributed by atoms with van der Waals surface area (Å²) in [5.41, 5.74) is 0. The third-order valence-electron chi connectivity index (χ3n) is 2.00. The highest BCUT2D eigenvalue weighted by atomic mass is 19.3. The SMILES string of the molecule is CCOC(=O)C(F)(F)OC1CCOCC1. The van der Waals surface area contributed by atoms with Crippen molar-refractivity contribution in [1.82, 2.24) is 0 Å². The number of hydrogen-bond acceptors (Lipinski definition) is 4. The van der Waals surface area contributed by atoms with E-state index in [-0.39, 0.29) is 6.61 Å². The first-order chi connectivity index (χ1) is 7.06. The molecule has 0 aromatic carbocycles. The van der Waals surface area contributed by atoms with Gasteiger partial charge in [0.05, 0.1) is 12.7 Å². The molecule has 0 spiro atoms. The number of ether oxygens (including phenoxy) is 3. The summed E-state index contributed by atoms with van der Waals surface area (Å²) >= 11 is 0. The normalized spacial score (nSPS) is 18.9. The van der Waals surface area contributed by atoms with Crippen LogP contribution in [-0.4, -0.2) is 38.0 Å². The predicted molar refractivity (Wildman–Crippen MR) is 46.5 cm³/mol. The van der Waals surface area contributed by atoms with Crippen LogP contribution < -0.4 is 0 Å². The zero-order chi connectivity index (χ0) is 11.3. The molecule has 1 saturated heterocycles. The minimum Gasteiger partial charge on any atom is -0.460 e. The van der Waals surface area contributed by atoms with Crippen LogP contribution >= 0.6 is 0 Å². The lowest BCUT2D eigenvalue weighted by molar-refractivity contribution is -0.272. The Balaban J connectivity index is 2.42. The van der Waals surface area contributed by atoms with Gasteiger partial charge in [0.25, 0.3) is 0 Å². The molecule has 0 bridgehead atoms. The van der Waals surface area contributed by atoms with Crippen molar-refractivity contribution in [3.05, 3.63) is 0 Å². The van der Waals surface area contributed by atoms with Gasteiger partial charge in [-0.2, -0.15) is 8.78 Å². The van der Waals surface area contributed by atoms with Gasteiger partial charge in [-0.15, -0.1) is 0 Å². The van der Waals surface area contributed by atoms with Crippen LogP contribution in [0.15, 0.2) is 0 Å². The molecule has 0 aliphatic carbocycles. The van der Waals surface area contributed by atoms with Crippen molar-refractivity contribution in [1.29, 1.82) is 0 Å². The van der Waals surface area contributed by atoms with Crippen molar-refractivity contribution in [2.45, 2.75) is 32.0 Å². The van der Waals surface area contributed by atoms with Gasteiger partial charge in [-0.25, -0.2) is 4.79 Å². The molecule has 88 valence electrons. The second kappa shape index (κ2) is 5.37. The first-order valence-corrected chi connectivity index (χ1v) is 4.87. The summed E-state index contributed by atoms with van der Waals surface area (Å²) in [7, 11) is 0. The molecule has 6 heteroatoms. The van der Waals surface area contributed by atoms with Crippen LogP contribution in [0.3, 0.4) is 0 Å². The quantitative estimate of drug-likeness (QED) is 0.676. The van der Waals surface area contributed by atoms with E-state index < -0.39 is 18.2 Å². The lowest BCUT2D eigenvalue weighted by Gasteiger charge is -2.25. The first-order valence-electron chi connectivity index (χ1n) is 4.87. The van der Waals surface area contributed by atoms with E-state index in [4.69, 9.17) is 4.74 Å². The number of halogens is 2. The van der Waals surface area contributed by atoms with Crippen LogP contribution in [0.1, 0.15) is 19.8 Å². The van der Waals surface area contributed by atoms with Crippen LogP contribution in [0.2, 0.25) is 0 Å². The van der Waals surface area contributed by atoms with Crippen LogP contribution in [0.25, 0.3) is 0 Å². The predicted octanol–water partition coefficient (Wildman–Crippen LogP) is 1.34. The standard InChI is InChI=1S/C9H14F2O4/c1-2-14-8(12)9(10,11)15-7-3-5-13-6-4-7/h7H,2-6H2,1H3. The number of hydrogen-bond donors (Lipinski definition) is 0. The van der Waals surface area contributed by atoms with Gasteiger partial charge in [-0.1, -0.05) is 0 Å². The zero-order valence-corrected chi connectivity index (χ0v) is 8.50. The average molecular weight is 224 g/mol. The van der Waals surface area contributed by atoms with Gasteiger partial charge >= 0.3 is 12.1 Å². The molecule has 0 atom stereocenters. The average Bonchev–Trinajstić information content (AvgIpc) is 2.19. The molecule has 15 heavy (non-hydrogen) atoms. The monoisotopic (exact) mass is 224 g/mol. The van der Waals surface area contributed by atoms with Crippen molar-refractivity contribution in [2.75, 3.05) is 19.8 Å². The lowest BCUT2D eigenvalue weighted by atomic mass is 10.1. The van der Waals surface area contributed by atoms with Gasteiger partial charge in [-0.3, -0.25) is 0 Å². The molecule has 0 N–H and O–H groups in total. The number of rotatable bonds is 4. The van der Waals surface area contributed by atoms with E-state index in [2.05, 4.69) is 9.47 Å². The van der Waals surface area contributed by atoms with E-state index in [9.17, 15) is 13.6 Å². The fourth-order valence-electron chi connectivity index (χ4n) is 1.27. The first kappa shape index (κ1) is 12.3. The summed E-state index contributed by atoms with van der Waals surface area (Å²) < 4.78 is 39.7. The second-order valence-electron chi connectivity index (χ2n) is 3.17. The van der Waals surface area contributed by atoms with Crippen LogP contribution in [-0.2, 0) is 19.0 Å². The molecule has 1 rings (SSSR count). The Hall–Kier alpha value is -0.750. The number of esters is 1. The maximum absolute atomic E-state index is 13.1. The fourth-order valence-corrected chi connectivity index (χ4v) is 1.27. The highest BCUT2D eigenvalue weighted by Crippen LogP contribution is 2.24. The number of alkyl halides is 2. The van der Waals surface area contributed by atoms with Crippen molar-refractivity contribution in [3.63, 3.8) is 0 Å². The Bertz CT molecular complexity index is 214. The van der Waals surface area contributed by atoms with Crippen molar-refractivity contribution >= 4 is 5.97 Å². The molecule has 0 saturated carbocycles. The third-order valence-corrected chi connectivity index (χ3v) is 2.00. The van der Waals surface area contributed by atoms with Gasteiger partial charge in [0.1, 0.15) is 0 Å². The summed E-state index contributed by atoms with van der Waals surface area (Å²) in [5, 5.41) is 0. The molecule has 0 amide bonds. The molecule has 0 radical (unpaired) electrons. The van der Waals surface area contributed by atoms with E-state index in [1.165, 1.54) is 6.92 Å². The van der Waals surface area contributed by atoms with Gasteiger partial charge < -0.3 is 14.2 Å². The highest BCUT2D eigenvalue weighted by molar-refractivity contribution is 5.75. The van der Waals surface area contributed by atoms with E-state index in [0.29, 0.717) is 26.1 Å². The Kier molecular flexibility index (Phi) is 4.41. The van der Waals surface area contributed by atoms with Gasteiger partial charge in [-0.05, 0) is 19.8 Å². The van der Waals surface area contributed by atoms with E-state index >= 15 is 0 Å². The smallest absolute Gasteiger partial charge is 0.456 e. The van der Waals surface area contributed by atoms with Crippen molar-refractivity contribution < 1.29 is 27.8 Å². The van der Waals surface area contributed by atoms with Crippen molar-refractivity contribution in [3.8, 4) is 0 Å². The van der Waals surface area contributed by atoms with E-state index in [1.54, 1.807) is 0 Å². The second-order valence-corrected chi connectivity index (χ2v) is 3.17. The molecule has 0 aromatic heterocycles. The fraction of sp³-hybridized carbons (Fsp3) is 0.889. The lowest BCUT2D eigenvalue weighted by Crippen LogP contribution is -2.39. The molecule has 1 aliphatic heterocycles.